The van der Waals surface area contributed by atoms with Crippen LogP contribution in [0.1, 0.15) is 18.4 Å². The van der Waals surface area contributed by atoms with E-state index in [-0.39, 0.29) is 0 Å². The first-order valence-corrected chi connectivity index (χ1v) is 5.83. The third kappa shape index (κ3) is 2.51. The zero-order chi connectivity index (χ0) is 11.2. The summed E-state index contributed by atoms with van der Waals surface area (Å²) < 4.78 is 0. The lowest BCUT2D eigenvalue weighted by Gasteiger charge is -2.30. The van der Waals surface area contributed by atoms with E-state index in [0.717, 1.165) is 19.4 Å². The van der Waals surface area contributed by atoms with Crippen LogP contribution in [0.2, 0.25) is 0 Å². The molecule has 1 heterocycles. The van der Waals surface area contributed by atoms with Crippen LogP contribution in [0.25, 0.3) is 0 Å². The highest BCUT2D eigenvalue weighted by Crippen LogP contribution is 2.26. The average Bonchev–Trinajstić information content (AvgIpc) is 2.35. The van der Waals surface area contributed by atoms with Crippen LogP contribution in [-0.4, -0.2) is 19.4 Å². The summed E-state index contributed by atoms with van der Waals surface area (Å²) in [7, 11) is 0. The van der Waals surface area contributed by atoms with E-state index in [2.05, 4.69) is 35.2 Å². The van der Waals surface area contributed by atoms with Crippen molar-refractivity contribution in [3.8, 4) is 0 Å². The van der Waals surface area contributed by atoms with E-state index < -0.39 is 0 Å². The molecule has 0 radical (unpaired) electrons. The Hall–Kier alpha value is -1.57. The lowest BCUT2D eigenvalue weighted by atomic mass is 10.0. The normalized spacial score (nSPS) is 15.1. The number of allylic oxidation sites excluding steroid dienone is 1. The van der Waals surface area contributed by atoms with Crippen molar-refractivity contribution in [2.24, 2.45) is 0 Å². The fourth-order valence-corrected chi connectivity index (χ4v) is 2.15. The summed E-state index contributed by atoms with van der Waals surface area (Å²) in [4.78, 5) is 12.6. The molecule has 0 aliphatic carbocycles. The molecule has 0 unspecified atom stereocenters. The number of benzene rings is 1. The fraction of sp³-hybridized carbons (Fsp3) is 0.357. The molecule has 84 valence electrons. The van der Waals surface area contributed by atoms with Crippen molar-refractivity contribution >= 4 is 12.0 Å². The molecule has 1 aromatic rings. The van der Waals surface area contributed by atoms with E-state index in [1.807, 2.05) is 6.08 Å². The molecular formula is C14H17NO. The van der Waals surface area contributed by atoms with E-state index in [1.54, 1.807) is 0 Å². The SMILES string of the molecule is O=CC/C=C/CN1CCCc2ccccc21. The number of carbonyl (C=O) groups excluding carboxylic acids is 1. The van der Waals surface area contributed by atoms with Crippen LogP contribution < -0.4 is 4.90 Å². The maximum atomic E-state index is 10.2. The zero-order valence-electron chi connectivity index (χ0n) is 9.43. The largest absolute Gasteiger partial charge is 0.368 e. The summed E-state index contributed by atoms with van der Waals surface area (Å²) in [5.74, 6) is 0. The monoisotopic (exact) mass is 215 g/mol. The van der Waals surface area contributed by atoms with Crippen molar-refractivity contribution in [1.82, 2.24) is 0 Å². The number of aldehydes is 1. The predicted molar refractivity (Wildman–Crippen MR) is 66.8 cm³/mol. The third-order valence-electron chi connectivity index (χ3n) is 2.93. The summed E-state index contributed by atoms with van der Waals surface area (Å²) in [5, 5.41) is 0. The molecule has 1 aromatic carbocycles. The fourth-order valence-electron chi connectivity index (χ4n) is 2.15. The molecule has 0 N–H and O–H groups in total. The summed E-state index contributed by atoms with van der Waals surface area (Å²) in [6.45, 7) is 2.02. The Morgan fingerprint density at radius 1 is 1.25 bits per heavy atom. The van der Waals surface area contributed by atoms with Crippen LogP contribution in [0, 0.1) is 0 Å². The van der Waals surface area contributed by atoms with E-state index >= 15 is 0 Å². The quantitative estimate of drug-likeness (QED) is 0.568. The van der Waals surface area contributed by atoms with Gasteiger partial charge in [-0.25, -0.2) is 0 Å². The van der Waals surface area contributed by atoms with E-state index in [1.165, 1.54) is 24.1 Å². The molecule has 2 heteroatoms. The minimum absolute atomic E-state index is 0.523. The summed E-state index contributed by atoms with van der Waals surface area (Å²) in [6, 6.07) is 8.58. The number of nitrogens with zero attached hydrogens (tertiary/aromatic N) is 1. The van der Waals surface area contributed by atoms with Crippen molar-refractivity contribution in [2.45, 2.75) is 19.3 Å². The molecule has 0 bridgehead atoms. The Kier molecular flexibility index (Phi) is 3.76. The third-order valence-corrected chi connectivity index (χ3v) is 2.93. The van der Waals surface area contributed by atoms with Crippen LogP contribution in [0.5, 0.6) is 0 Å². The van der Waals surface area contributed by atoms with E-state index in [0.29, 0.717) is 6.42 Å². The van der Waals surface area contributed by atoms with Crippen molar-refractivity contribution in [3.05, 3.63) is 42.0 Å². The van der Waals surface area contributed by atoms with E-state index in [9.17, 15) is 4.79 Å². The molecule has 0 fully saturated rings. The number of para-hydroxylation sites is 1. The Labute approximate surface area is 96.6 Å². The number of hydrogen-bond donors (Lipinski definition) is 0. The molecule has 0 aromatic heterocycles. The first kappa shape index (κ1) is 10.9. The Morgan fingerprint density at radius 3 is 3.00 bits per heavy atom. The van der Waals surface area contributed by atoms with Crippen molar-refractivity contribution in [3.63, 3.8) is 0 Å². The average molecular weight is 215 g/mol. The minimum atomic E-state index is 0.523. The molecule has 0 atom stereocenters. The van der Waals surface area contributed by atoms with Gasteiger partial charge in [0.15, 0.2) is 0 Å². The van der Waals surface area contributed by atoms with Crippen LogP contribution in [0.3, 0.4) is 0 Å². The van der Waals surface area contributed by atoms with Gasteiger partial charge in [0.25, 0.3) is 0 Å². The van der Waals surface area contributed by atoms with Crippen molar-refractivity contribution in [1.29, 1.82) is 0 Å². The second-order valence-corrected chi connectivity index (χ2v) is 4.05. The van der Waals surface area contributed by atoms with Gasteiger partial charge in [-0.1, -0.05) is 30.4 Å². The Balaban J connectivity index is 2.04. The molecule has 0 spiro atoms. The highest BCUT2D eigenvalue weighted by molar-refractivity contribution is 5.56. The molecule has 1 aliphatic rings. The Morgan fingerprint density at radius 2 is 2.12 bits per heavy atom. The second kappa shape index (κ2) is 5.50. The number of fused-ring (bicyclic) bond motifs is 1. The topological polar surface area (TPSA) is 20.3 Å². The van der Waals surface area contributed by atoms with Crippen LogP contribution in [0.4, 0.5) is 5.69 Å². The Bertz CT molecular complexity index is 384. The molecule has 2 nitrogen and oxygen atoms in total. The molecule has 0 amide bonds. The van der Waals surface area contributed by atoms with Gasteiger partial charge in [0.2, 0.25) is 0 Å². The summed E-state index contributed by atoms with van der Waals surface area (Å²) in [5.41, 5.74) is 2.79. The molecular weight excluding hydrogens is 198 g/mol. The number of rotatable bonds is 4. The number of hydrogen-bond acceptors (Lipinski definition) is 2. The molecule has 1 aliphatic heterocycles. The van der Waals surface area contributed by atoms with Gasteiger partial charge >= 0.3 is 0 Å². The lowest BCUT2D eigenvalue weighted by molar-refractivity contribution is -0.107. The van der Waals surface area contributed by atoms with Gasteiger partial charge in [-0.2, -0.15) is 0 Å². The first-order chi connectivity index (χ1) is 7.92. The number of anilines is 1. The van der Waals surface area contributed by atoms with Crippen LogP contribution in [-0.2, 0) is 11.2 Å². The zero-order valence-corrected chi connectivity index (χ0v) is 9.43. The van der Waals surface area contributed by atoms with Gasteiger partial charge in [0.1, 0.15) is 6.29 Å². The standard InChI is InChI=1S/C14H17NO/c16-12-5-1-4-10-15-11-6-8-13-7-2-3-9-14(13)15/h1-4,7,9,12H,5-6,8,10-11H2/b4-1+. The molecule has 2 rings (SSSR count). The van der Waals surface area contributed by atoms with E-state index in [4.69, 9.17) is 0 Å². The van der Waals surface area contributed by atoms with Crippen LogP contribution in [0.15, 0.2) is 36.4 Å². The maximum absolute atomic E-state index is 10.2. The van der Waals surface area contributed by atoms with Gasteiger partial charge < -0.3 is 9.69 Å². The highest BCUT2D eigenvalue weighted by atomic mass is 16.1. The molecule has 16 heavy (non-hydrogen) atoms. The molecule has 0 saturated heterocycles. The van der Waals surface area contributed by atoms with Gasteiger partial charge in [0, 0.05) is 25.2 Å². The first-order valence-electron chi connectivity index (χ1n) is 5.83. The smallest absolute Gasteiger partial charge is 0.123 e. The van der Waals surface area contributed by atoms with Gasteiger partial charge in [0.05, 0.1) is 0 Å². The van der Waals surface area contributed by atoms with Crippen molar-refractivity contribution < 1.29 is 4.79 Å². The maximum Gasteiger partial charge on any atom is 0.123 e. The van der Waals surface area contributed by atoms with Crippen molar-refractivity contribution in [2.75, 3.05) is 18.0 Å². The van der Waals surface area contributed by atoms with Gasteiger partial charge in [-0.15, -0.1) is 0 Å². The lowest BCUT2D eigenvalue weighted by Crippen LogP contribution is -2.29. The minimum Gasteiger partial charge on any atom is -0.368 e. The number of aryl methyl sites for hydroxylation is 1. The van der Waals surface area contributed by atoms with Gasteiger partial charge in [-0.05, 0) is 24.5 Å². The summed E-state index contributed by atoms with van der Waals surface area (Å²) >= 11 is 0. The molecule has 0 saturated carbocycles. The second-order valence-electron chi connectivity index (χ2n) is 4.05. The predicted octanol–water partition coefficient (Wildman–Crippen LogP) is 2.58. The van der Waals surface area contributed by atoms with Crippen LogP contribution >= 0.6 is 0 Å². The van der Waals surface area contributed by atoms with Gasteiger partial charge in [-0.3, -0.25) is 0 Å². The highest BCUT2D eigenvalue weighted by Gasteiger charge is 2.14. The number of carbonyl (C=O) groups is 1. The summed E-state index contributed by atoms with van der Waals surface area (Å²) in [6.07, 6.45) is 7.88.